The van der Waals surface area contributed by atoms with E-state index in [1.165, 1.54) is 6.07 Å². The van der Waals surface area contributed by atoms with Crippen molar-refractivity contribution in [1.82, 2.24) is 5.32 Å². The van der Waals surface area contributed by atoms with Crippen LogP contribution in [0.1, 0.15) is 39.1 Å². The number of amides is 2. The molecule has 0 aromatic heterocycles. The SMILES string of the molecule is Cc1ccc(C(=O)Nc2ccccc2C(=O)NC[C@H]2CCCO2)cc1S(=O)(=O)Nc1ccccc1. The van der Waals surface area contributed by atoms with Crippen molar-refractivity contribution in [2.75, 3.05) is 23.2 Å². The first kappa shape index (κ1) is 24.4. The van der Waals surface area contributed by atoms with Gasteiger partial charge in [0, 0.05) is 24.4 Å². The van der Waals surface area contributed by atoms with Gasteiger partial charge in [-0.1, -0.05) is 36.4 Å². The lowest BCUT2D eigenvalue weighted by atomic mass is 10.1. The van der Waals surface area contributed by atoms with Crippen LogP contribution < -0.4 is 15.4 Å². The summed E-state index contributed by atoms with van der Waals surface area (Å²) in [7, 11) is -3.92. The fourth-order valence-electron chi connectivity index (χ4n) is 3.84. The number of nitrogens with one attached hydrogen (secondary N) is 3. The molecule has 0 bridgehead atoms. The molecule has 3 aromatic carbocycles. The summed E-state index contributed by atoms with van der Waals surface area (Å²) in [4.78, 5) is 25.8. The maximum absolute atomic E-state index is 13.0. The Bertz CT molecular complexity index is 1320. The lowest BCUT2D eigenvalue weighted by Gasteiger charge is -2.15. The topological polar surface area (TPSA) is 114 Å². The van der Waals surface area contributed by atoms with Crippen molar-refractivity contribution in [1.29, 1.82) is 0 Å². The van der Waals surface area contributed by atoms with Gasteiger partial charge in [-0.05, 0) is 61.7 Å². The molecule has 9 heteroatoms. The van der Waals surface area contributed by atoms with Crippen molar-refractivity contribution in [3.05, 3.63) is 89.5 Å². The molecule has 0 saturated carbocycles. The quantitative estimate of drug-likeness (QED) is 0.440. The molecule has 0 unspecified atom stereocenters. The Hall–Kier alpha value is -3.69. The second kappa shape index (κ2) is 10.7. The molecule has 1 atom stereocenters. The van der Waals surface area contributed by atoms with Gasteiger partial charge in [-0.3, -0.25) is 14.3 Å². The highest BCUT2D eigenvalue weighted by atomic mass is 32.2. The Morgan fingerprint density at radius 1 is 0.971 bits per heavy atom. The van der Waals surface area contributed by atoms with Crippen molar-refractivity contribution < 1.29 is 22.7 Å². The summed E-state index contributed by atoms with van der Waals surface area (Å²) in [5.74, 6) is -0.851. The number of hydrogen-bond acceptors (Lipinski definition) is 5. The van der Waals surface area contributed by atoms with Gasteiger partial charge in [-0.25, -0.2) is 8.42 Å². The maximum Gasteiger partial charge on any atom is 0.262 e. The Balaban J connectivity index is 1.51. The highest BCUT2D eigenvalue weighted by Crippen LogP contribution is 2.22. The second-order valence-electron chi connectivity index (χ2n) is 8.30. The molecule has 4 rings (SSSR count). The van der Waals surface area contributed by atoms with E-state index < -0.39 is 15.9 Å². The Morgan fingerprint density at radius 3 is 2.46 bits per heavy atom. The van der Waals surface area contributed by atoms with Crippen LogP contribution in [0.5, 0.6) is 0 Å². The summed E-state index contributed by atoms with van der Waals surface area (Å²) >= 11 is 0. The van der Waals surface area contributed by atoms with Crippen LogP contribution >= 0.6 is 0 Å². The molecule has 3 aromatic rings. The van der Waals surface area contributed by atoms with Crippen molar-refractivity contribution in [2.24, 2.45) is 0 Å². The van der Waals surface area contributed by atoms with E-state index in [-0.39, 0.29) is 22.5 Å². The predicted molar refractivity (Wildman–Crippen MR) is 134 cm³/mol. The monoisotopic (exact) mass is 493 g/mol. The summed E-state index contributed by atoms with van der Waals surface area (Å²) in [5, 5.41) is 5.59. The van der Waals surface area contributed by atoms with Gasteiger partial charge in [0.2, 0.25) is 0 Å². The van der Waals surface area contributed by atoms with E-state index in [0.717, 1.165) is 12.8 Å². The lowest BCUT2D eigenvalue weighted by molar-refractivity contribution is 0.0858. The van der Waals surface area contributed by atoms with E-state index in [1.54, 1.807) is 73.7 Å². The summed E-state index contributed by atoms with van der Waals surface area (Å²) in [6.07, 6.45) is 1.87. The van der Waals surface area contributed by atoms with E-state index in [0.29, 0.717) is 35.7 Å². The molecule has 1 heterocycles. The summed E-state index contributed by atoms with van der Waals surface area (Å²) in [5.41, 5.74) is 1.71. The minimum atomic E-state index is -3.92. The normalized spacial score (nSPS) is 15.4. The van der Waals surface area contributed by atoms with Crippen LogP contribution in [-0.2, 0) is 14.8 Å². The molecule has 35 heavy (non-hydrogen) atoms. The zero-order valence-corrected chi connectivity index (χ0v) is 20.1. The molecule has 0 spiro atoms. The minimum absolute atomic E-state index is 0.00173. The molecule has 8 nitrogen and oxygen atoms in total. The van der Waals surface area contributed by atoms with Gasteiger partial charge in [0.15, 0.2) is 0 Å². The molecule has 1 fully saturated rings. The van der Waals surface area contributed by atoms with Crippen LogP contribution in [0.2, 0.25) is 0 Å². The number of rotatable bonds is 8. The zero-order valence-electron chi connectivity index (χ0n) is 19.3. The Morgan fingerprint density at radius 2 is 1.71 bits per heavy atom. The predicted octanol–water partition coefficient (Wildman–Crippen LogP) is 3.96. The van der Waals surface area contributed by atoms with Gasteiger partial charge in [0.05, 0.1) is 22.3 Å². The molecule has 3 N–H and O–H groups in total. The number of benzene rings is 3. The van der Waals surface area contributed by atoms with E-state index in [2.05, 4.69) is 15.4 Å². The maximum atomic E-state index is 13.0. The average molecular weight is 494 g/mol. The first-order valence-electron chi connectivity index (χ1n) is 11.3. The third kappa shape index (κ3) is 6.06. The van der Waals surface area contributed by atoms with Gasteiger partial charge in [0.25, 0.3) is 21.8 Å². The molecular formula is C26H27N3O5S. The molecule has 1 aliphatic rings. The summed E-state index contributed by atoms with van der Waals surface area (Å²) in [6, 6.07) is 19.6. The molecule has 0 aliphatic carbocycles. The van der Waals surface area contributed by atoms with Gasteiger partial charge in [-0.15, -0.1) is 0 Å². The number of carbonyl (C=O) groups excluding carboxylic acids is 2. The summed E-state index contributed by atoms with van der Waals surface area (Å²) < 4.78 is 34.0. The highest BCUT2D eigenvalue weighted by molar-refractivity contribution is 7.92. The smallest absolute Gasteiger partial charge is 0.262 e. The third-order valence-corrected chi connectivity index (χ3v) is 7.22. The number of para-hydroxylation sites is 2. The molecule has 0 radical (unpaired) electrons. The van der Waals surface area contributed by atoms with E-state index in [1.807, 2.05) is 0 Å². The number of ether oxygens (including phenoxy) is 1. The van der Waals surface area contributed by atoms with Crippen molar-refractivity contribution in [3.8, 4) is 0 Å². The van der Waals surface area contributed by atoms with Crippen LogP contribution in [0.25, 0.3) is 0 Å². The van der Waals surface area contributed by atoms with Gasteiger partial charge in [0.1, 0.15) is 0 Å². The third-order valence-electron chi connectivity index (χ3n) is 5.70. The van der Waals surface area contributed by atoms with Gasteiger partial charge in [-0.2, -0.15) is 0 Å². The van der Waals surface area contributed by atoms with Crippen molar-refractivity contribution in [2.45, 2.75) is 30.8 Å². The Labute approximate surface area is 204 Å². The lowest BCUT2D eigenvalue weighted by Crippen LogP contribution is -2.32. The van der Waals surface area contributed by atoms with Crippen LogP contribution in [0, 0.1) is 6.92 Å². The minimum Gasteiger partial charge on any atom is -0.376 e. The molecular weight excluding hydrogens is 466 g/mol. The van der Waals surface area contributed by atoms with Crippen LogP contribution in [-0.4, -0.2) is 39.5 Å². The molecule has 2 amide bonds. The van der Waals surface area contributed by atoms with Crippen LogP contribution in [0.4, 0.5) is 11.4 Å². The number of anilines is 2. The zero-order chi connectivity index (χ0) is 24.8. The number of carbonyl (C=O) groups is 2. The van der Waals surface area contributed by atoms with Gasteiger partial charge < -0.3 is 15.4 Å². The first-order valence-corrected chi connectivity index (χ1v) is 12.8. The van der Waals surface area contributed by atoms with Crippen LogP contribution in [0.15, 0.2) is 77.7 Å². The molecule has 1 aliphatic heterocycles. The number of aryl methyl sites for hydroxylation is 1. The molecule has 182 valence electrons. The van der Waals surface area contributed by atoms with E-state index in [9.17, 15) is 18.0 Å². The van der Waals surface area contributed by atoms with Crippen molar-refractivity contribution >= 4 is 33.2 Å². The summed E-state index contributed by atoms with van der Waals surface area (Å²) in [6.45, 7) is 2.76. The standard InChI is InChI=1S/C26H27N3O5S/c1-18-13-14-19(16-24(18)35(32,33)29-20-8-3-2-4-9-20)25(30)28-23-12-6-5-11-22(23)26(31)27-17-21-10-7-15-34-21/h2-6,8-9,11-14,16,21,29H,7,10,15,17H2,1H3,(H,27,31)(H,28,30)/t21-/m1/s1. The first-order chi connectivity index (χ1) is 16.8. The Kier molecular flexibility index (Phi) is 7.48. The van der Waals surface area contributed by atoms with Crippen LogP contribution in [0.3, 0.4) is 0 Å². The second-order valence-corrected chi connectivity index (χ2v) is 9.95. The van der Waals surface area contributed by atoms with Gasteiger partial charge >= 0.3 is 0 Å². The van der Waals surface area contributed by atoms with E-state index >= 15 is 0 Å². The number of hydrogen-bond donors (Lipinski definition) is 3. The highest BCUT2D eigenvalue weighted by Gasteiger charge is 2.21. The van der Waals surface area contributed by atoms with Crippen molar-refractivity contribution in [3.63, 3.8) is 0 Å². The largest absolute Gasteiger partial charge is 0.376 e. The number of sulfonamides is 1. The fourth-order valence-corrected chi connectivity index (χ4v) is 5.17. The van der Waals surface area contributed by atoms with E-state index in [4.69, 9.17) is 4.74 Å². The average Bonchev–Trinajstić information content (AvgIpc) is 3.37. The fraction of sp³-hybridized carbons (Fsp3) is 0.231. The molecule has 1 saturated heterocycles.